The summed E-state index contributed by atoms with van der Waals surface area (Å²) in [6.45, 7) is 1.27. The van der Waals surface area contributed by atoms with Gasteiger partial charge in [-0.05, 0) is 44.4 Å². The van der Waals surface area contributed by atoms with Crippen LogP contribution in [0.25, 0.3) is 0 Å². The summed E-state index contributed by atoms with van der Waals surface area (Å²) in [7, 11) is 0. The van der Waals surface area contributed by atoms with Crippen LogP contribution in [0.4, 0.5) is 0 Å². The highest BCUT2D eigenvalue weighted by Crippen LogP contribution is 2.40. The van der Waals surface area contributed by atoms with E-state index in [1.165, 1.54) is 51.1 Å². The van der Waals surface area contributed by atoms with Crippen molar-refractivity contribution in [3.63, 3.8) is 0 Å². The molecule has 0 spiro atoms. The minimum atomic E-state index is -0.770. The highest BCUT2D eigenvalue weighted by Gasteiger charge is 2.39. The number of nitrogens with zero attached hydrogens (tertiary/aromatic N) is 1. The Hall–Kier alpha value is -0.830. The number of fused-ring (bicyclic) bond motifs is 2. The first-order valence-corrected chi connectivity index (χ1v) is 7.40. The standard InChI is InChI=1S/C15H23NO2/c17-15(18)9-12-7-13-5-6-14(8-12)16(13)10-11-3-1-2-4-11/h9,11,13-14H,1-8,10H2,(H,17,18). The van der Waals surface area contributed by atoms with Crippen molar-refractivity contribution in [1.29, 1.82) is 0 Å². The van der Waals surface area contributed by atoms with Crippen LogP contribution >= 0.6 is 0 Å². The normalized spacial score (nSPS) is 33.0. The molecule has 3 fully saturated rings. The largest absolute Gasteiger partial charge is 0.478 e. The molecule has 2 heterocycles. The maximum Gasteiger partial charge on any atom is 0.328 e. The molecule has 2 unspecified atom stereocenters. The van der Waals surface area contributed by atoms with E-state index < -0.39 is 5.97 Å². The molecule has 1 N–H and O–H groups in total. The summed E-state index contributed by atoms with van der Waals surface area (Å²) in [6.07, 6.45) is 11.6. The van der Waals surface area contributed by atoms with Crippen LogP contribution in [0, 0.1) is 5.92 Å². The van der Waals surface area contributed by atoms with E-state index in [-0.39, 0.29) is 0 Å². The van der Waals surface area contributed by atoms with Gasteiger partial charge in [0.05, 0.1) is 0 Å². The first-order chi connectivity index (χ1) is 8.72. The summed E-state index contributed by atoms with van der Waals surface area (Å²) < 4.78 is 0. The number of hydrogen-bond acceptors (Lipinski definition) is 2. The maximum absolute atomic E-state index is 10.8. The fourth-order valence-electron chi connectivity index (χ4n) is 4.22. The van der Waals surface area contributed by atoms with Crippen molar-refractivity contribution in [2.24, 2.45) is 5.92 Å². The van der Waals surface area contributed by atoms with Crippen molar-refractivity contribution in [2.75, 3.05) is 6.54 Å². The van der Waals surface area contributed by atoms with E-state index in [0.29, 0.717) is 12.1 Å². The lowest BCUT2D eigenvalue weighted by Gasteiger charge is -2.37. The van der Waals surface area contributed by atoms with Gasteiger partial charge in [-0.25, -0.2) is 4.79 Å². The molecule has 0 amide bonds. The van der Waals surface area contributed by atoms with Gasteiger partial charge in [0.15, 0.2) is 0 Å². The lowest BCUT2D eigenvalue weighted by Crippen LogP contribution is -2.43. The second-order valence-corrected chi connectivity index (χ2v) is 6.28. The minimum Gasteiger partial charge on any atom is -0.478 e. The van der Waals surface area contributed by atoms with Crippen LogP contribution in [0.15, 0.2) is 11.6 Å². The molecule has 18 heavy (non-hydrogen) atoms. The number of carboxylic acid groups (broad SMARTS) is 1. The molecule has 2 aliphatic heterocycles. The fraction of sp³-hybridized carbons (Fsp3) is 0.800. The third-order valence-electron chi connectivity index (χ3n) is 5.04. The first kappa shape index (κ1) is 12.2. The van der Waals surface area contributed by atoms with Gasteiger partial charge in [-0.15, -0.1) is 0 Å². The van der Waals surface area contributed by atoms with Gasteiger partial charge < -0.3 is 5.11 Å². The molecular formula is C15H23NO2. The number of hydrogen-bond donors (Lipinski definition) is 1. The Morgan fingerprint density at radius 3 is 2.33 bits per heavy atom. The van der Waals surface area contributed by atoms with E-state index in [1.807, 2.05) is 0 Å². The van der Waals surface area contributed by atoms with Crippen molar-refractivity contribution in [1.82, 2.24) is 4.90 Å². The predicted molar refractivity (Wildman–Crippen MR) is 70.4 cm³/mol. The van der Waals surface area contributed by atoms with Gasteiger partial charge in [0.2, 0.25) is 0 Å². The molecule has 3 rings (SSSR count). The minimum absolute atomic E-state index is 0.634. The lowest BCUT2D eigenvalue weighted by molar-refractivity contribution is -0.131. The molecule has 0 aromatic carbocycles. The second kappa shape index (κ2) is 5.04. The van der Waals surface area contributed by atoms with Gasteiger partial charge in [-0.1, -0.05) is 18.4 Å². The number of aliphatic carboxylic acids is 1. The van der Waals surface area contributed by atoms with E-state index in [4.69, 9.17) is 5.11 Å². The van der Waals surface area contributed by atoms with Crippen LogP contribution in [0.1, 0.15) is 51.4 Å². The Balaban J connectivity index is 1.64. The summed E-state index contributed by atoms with van der Waals surface area (Å²) in [6, 6.07) is 1.27. The number of carbonyl (C=O) groups is 1. The average molecular weight is 249 g/mol. The SMILES string of the molecule is O=C(O)C=C1CC2CCC(C1)N2CC1CCCC1. The molecule has 1 aliphatic carbocycles. The Labute approximate surface area is 109 Å². The monoisotopic (exact) mass is 249 g/mol. The summed E-state index contributed by atoms with van der Waals surface area (Å²) >= 11 is 0. The van der Waals surface area contributed by atoms with Crippen molar-refractivity contribution in [2.45, 2.75) is 63.5 Å². The topological polar surface area (TPSA) is 40.5 Å². The van der Waals surface area contributed by atoms with E-state index in [9.17, 15) is 4.79 Å². The number of piperidine rings is 1. The molecule has 3 nitrogen and oxygen atoms in total. The number of rotatable bonds is 3. The quantitative estimate of drug-likeness (QED) is 0.782. The average Bonchev–Trinajstić information content (AvgIpc) is 2.88. The summed E-state index contributed by atoms with van der Waals surface area (Å²) in [5.41, 5.74) is 1.16. The van der Waals surface area contributed by atoms with E-state index in [0.717, 1.165) is 24.3 Å². The summed E-state index contributed by atoms with van der Waals surface area (Å²) in [5, 5.41) is 8.86. The van der Waals surface area contributed by atoms with Gasteiger partial charge in [-0.3, -0.25) is 4.90 Å². The van der Waals surface area contributed by atoms with E-state index in [2.05, 4.69) is 4.90 Å². The Kier molecular flexibility index (Phi) is 3.42. The number of carboxylic acids is 1. The maximum atomic E-state index is 10.8. The summed E-state index contributed by atoms with van der Waals surface area (Å²) in [4.78, 5) is 13.5. The molecule has 2 bridgehead atoms. The molecular weight excluding hydrogens is 226 g/mol. The van der Waals surface area contributed by atoms with Crippen LogP contribution < -0.4 is 0 Å². The third kappa shape index (κ3) is 2.46. The van der Waals surface area contributed by atoms with Crippen molar-refractivity contribution in [3.8, 4) is 0 Å². The van der Waals surface area contributed by atoms with Crippen LogP contribution in [-0.2, 0) is 4.79 Å². The fourth-order valence-corrected chi connectivity index (χ4v) is 4.22. The van der Waals surface area contributed by atoms with Gasteiger partial charge in [0.1, 0.15) is 0 Å². The zero-order valence-corrected chi connectivity index (χ0v) is 11.0. The molecule has 0 aromatic heterocycles. The van der Waals surface area contributed by atoms with Crippen LogP contribution in [0.2, 0.25) is 0 Å². The molecule has 0 radical (unpaired) electrons. The molecule has 2 saturated heterocycles. The van der Waals surface area contributed by atoms with Crippen molar-refractivity contribution in [3.05, 3.63) is 11.6 Å². The zero-order chi connectivity index (χ0) is 12.5. The van der Waals surface area contributed by atoms with Crippen molar-refractivity contribution >= 4 is 5.97 Å². The van der Waals surface area contributed by atoms with Crippen LogP contribution in [0.5, 0.6) is 0 Å². The van der Waals surface area contributed by atoms with Crippen LogP contribution in [-0.4, -0.2) is 34.6 Å². The molecule has 0 aromatic rings. The van der Waals surface area contributed by atoms with E-state index in [1.54, 1.807) is 0 Å². The molecule has 100 valence electrons. The smallest absolute Gasteiger partial charge is 0.328 e. The highest BCUT2D eigenvalue weighted by molar-refractivity contribution is 5.80. The molecule has 1 saturated carbocycles. The first-order valence-electron chi connectivity index (χ1n) is 7.40. The predicted octanol–water partition coefficient (Wildman–Crippen LogP) is 2.81. The summed E-state index contributed by atoms with van der Waals surface area (Å²) in [5.74, 6) is 0.145. The van der Waals surface area contributed by atoms with Gasteiger partial charge in [0.25, 0.3) is 0 Å². The lowest BCUT2D eigenvalue weighted by atomic mass is 9.94. The molecule has 2 atom stereocenters. The third-order valence-corrected chi connectivity index (χ3v) is 5.04. The van der Waals surface area contributed by atoms with Gasteiger partial charge in [-0.2, -0.15) is 0 Å². The highest BCUT2D eigenvalue weighted by atomic mass is 16.4. The van der Waals surface area contributed by atoms with Crippen LogP contribution in [0.3, 0.4) is 0 Å². The second-order valence-electron chi connectivity index (χ2n) is 6.28. The molecule has 3 aliphatic rings. The Morgan fingerprint density at radius 1 is 1.17 bits per heavy atom. The Bertz CT molecular complexity index is 342. The zero-order valence-electron chi connectivity index (χ0n) is 11.0. The van der Waals surface area contributed by atoms with Crippen molar-refractivity contribution < 1.29 is 9.90 Å². The van der Waals surface area contributed by atoms with Gasteiger partial charge >= 0.3 is 5.97 Å². The Morgan fingerprint density at radius 2 is 1.78 bits per heavy atom. The molecule has 3 heteroatoms. The van der Waals surface area contributed by atoms with Gasteiger partial charge in [0, 0.05) is 24.7 Å². The van der Waals surface area contributed by atoms with E-state index >= 15 is 0 Å².